The lowest BCUT2D eigenvalue weighted by Gasteiger charge is -2.12. The highest BCUT2D eigenvalue weighted by atomic mass is 19.1. The fraction of sp³-hybridized carbons (Fsp3) is 0.0800. The monoisotopic (exact) mass is 472 g/mol. The summed E-state index contributed by atoms with van der Waals surface area (Å²) in [4.78, 5) is 45.7. The van der Waals surface area contributed by atoms with Crippen LogP contribution in [-0.4, -0.2) is 34.4 Å². The van der Waals surface area contributed by atoms with Crippen LogP contribution in [0.25, 0.3) is 22.3 Å². The molecule has 4 amide bonds. The van der Waals surface area contributed by atoms with Crippen molar-refractivity contribution in [1.82, 2.24) is 31.5 Å². The van der Waals surface area contributed by atoms with E-state index in [9.17, 15) is 18.8 Å². The largest absolute Gasteiger partial charge is 0.334 e. The quantitative estimate of drug-likeness (QED) is 0.321. The molecule has 4 N–H and O–H groups in total. The van der Waals surface area contributed by atoms with Gasteiger partial charge in [0.2, 0.25) is 0 Å². The van der Waals surface area contributed by atoms with Gasteiger partial charge in [-0.1, -0.05) is 36.4 Å². The average Bonchev–Trinajstić information content (AvgIpc) is 2.90. The van der Waals surface area contributed by atoms with E-state index in [1.165, 1.54) is 12.1 Å². The number of fused-ring (bicyclic) bond motifs is 1. The summed E-state index contributed by atoms with van der Waals surface area (Å²) in [6, 6.07) is 19.2. The zero-order valence-electron chi connectivity index (χ0n) is 18.4. The van der Waals surface area contributed by atoms with Gasteiger partial charge in [0, 0.05) is 18.1 Å². The van der Waals surface area contributed by atoms with Crippen LogP contribution >= 0.6 is 0 Å². The first-order valence-electron chi connectivity index (χ1n) is 10.7. The molecule has 4 rings (SSSR count). The third kappa shape index (κ3) is 6.14. The number of hydrazine groups is 1. The number of rotatable bonds is 6. The molecule has 4 aromatic rings. The molecule has 2 aromatic heterocycles. The first-order valence-corrected chi connectivity index (χ1v) is 10.7. The van der Waals surface area contributed by atoms with E-state index in [4.69, 9.17) is 0 Å². The van der Waals surface area contributed by atoms with Crippen LogP contribution in [0.5, 0.6) is 0 Å². The Morgan fingerprint density at radius 2 is 1.60 bits per heavy atom. The Morgan fingerprint density at radius 1 is 0.829 bits per heavy atom. The second kappa shape index (κ2) is 10.8. The highest BCUT2D eigenvalue weighted by Crippen LogP contribution is 2.23. The summed E-state index contributed by atoms with van der Waals surface area (Å²) in [5.41, 5.74) is 7.37. The minimum atomic E-state index is -0.626. The molecule has 0 fully saturated rings. The van der Waals surface area contributed by atoms with Crippen LogP contribution in [0.4, 0.5) is 9.18 Å². The van der Waals surface area contributed by atoms with Crippen molar-refractivity contribution in [2.45, 2.75) is 6.54 Å². The Morgan fingerprint density at radius 3 is 2.37 bits per heavy atom. The predicted molar refractivity (Wildman–Crippen MR) is 127 cm³/mol. The smallest absolute Gasteiger partial charge is 0.315 e. The summed E-state index contributed by atoms with van der Waals surface area (Å²) in [6.07, 6.45) is 1.63. The number of carbonyl (C=O) groups is 3. The number of urea groups is 1. The minimum Gasteiger partial charge on any atom is -0.334 e. The van der Waals surface area contributed by atoms with Gasteiger partial charge in [-0.2, -0.15) is 0 Å². The maximum Gasteiger partial charge on any atom is 0.315 e. The number of hydrogen-bond donors (Lipinski definition) is 4. The first-order chi connectivity index (χ1) is 17.0. The first kappa shape index (κ1) is 23.3. The molecule has 176 valence electrons. The van der Waals surface area contributed by atoms with E-state index in [1.54, 1.807) is 54.7 Å². The number of para-hydroxylation sites is 1. The fourth-order valence-electron chi connectivity index (χ4n) is 3.25. The Balaban J connectivity index is 1.34. The molecule has 10 heteroatoms. The standard InChI is InChI=1S/C25H21FN6O3/c26-17-10-8-16(9-11-17)14-28-25(35)29-15-23(33)31-32-24(34)19-13-22(21-7-3-4-12-27-21)30-20-6-2-1-5-18(19)20/h1-13H,14-15H2,(H,31,33)(H,32,34)(H2,28,29,35). The third-order valence-corrected chi connectivity index (χ3v) is 4.98. The maximum absolute atomic E-state index is 12.9. The van der Waals surface area contributed by atoms with Crippen molar-refractivity contribution in [2.75, 3.05) is 6.54 Å². The number of aromatic nitrogens is 2. The van der Waals surface area contributed by atoms with Crippen LogP contribution in [0.1, 0.15) is 15.9 Å². The average molecular weight is 472 g/mol. The van der Waals surface area contributed by atoms with Crippen molar-refractivity contribution in [2.24, 2.45) is 0 Å². The van der Waals surface area contributed by atoms with Gasteiger partial charge in [-0.05, 0) is 42.0 Å². The number of hydrogen-bond acceptors (Lipinski definition) is 5. The van der Waals surface area contributed by atoms with E-state index in [0.717, 1.165) is 0 Å². The summed E-state index contributed by atoms with van der Waals surface area (Å²) in [5.74, 6) is -1.54. The van der Waals surface area contributed by atoms with Gasteiger partial charge in [0.25, 0.3) is 11.8 Å². The Bertz CT molecular complexity index is 1360. The molecule has 35 heavy (non-hydrogen) atoms. The molecule has 9 nitrogen and oxygen atoms in total. The van der Waals surface area contributed by atoms with Crippen LogP contribution in [0.15, 0.2) is 79.0 Å². The molecule has 0 bridgehead atoms. The van der Waals surface area contributed by atoms with Gasteiger partial charge in [0.15, 0.2) is 0 Å². The lowest BCUT2D eigenvalue weighted by Crippen LogP contribution is -2.47. The van der Waals surface area contributed by atoms with Crippen molar-refractivity contribution < 1.29 is 18.8 Å². The molecule has 0 saturated carbocycles. The van der Waals surface area contributed by atoms with E-state index in [1.807, 2.05) is 12.1 Å². The molecular formula is C25H21FN6O3. The fourth-order valence-corrected chi connectivity index (χ4v) is 3.25. The van der Waals surface area contributed by atoms with E-state index in [-0.39, 0.29) is 18.9 Å². The molecule has 0 spiro atoms. The zero-order valence-corrected chi connectivity index (χ0v) is 18.4. The van der Waals surface area contributed by atoms with Gasteiger partial charge in [0.1, 0.15) is 12.4 Å². The Kier molecular flexibility index (Phi) is 7.22. The molecule has 0 unspecified atom stereocenters. The van der Waals surface area contributed by atoms with E-state index >= 15 is 0 Å². The van der Waals surface area contributed by atoms with Crippen LogP contribution < -0.4 is 21.5 Å². The zero-order chi connectivity index (χ0) is 24.6. The predicted octanol–water partition coefficient (Wildman–Crippen LogP) is 2.70. The van der Waals surface area contributed by atoms with Crippen LogP contribution in [0.2, 0.25) is 0 Å². The van der Waals surface area contributed by atoms with Crippen molar-refractivity contribution in [3.63, 3.8) is 0 Å². The number of halogens is 1. The highest BCUT2D eigenvalue weighted by molar-refractivity contribution is 6.07. The second-order valence-corrected chi connectivity index (χ2v) is 7.45. The molecule has 2 heterocycles. The summed E-state index contributed by atoms with van der Waals surface area (Å²) in [7, 11) is 0. The van der Waals surface area contributed by atoms with Gasteiger partial charge in [0.05, 0.1) is 22.5 Å². The Hall–Kier alpha value is -4.86. The number of amides is 4. The summed E-state index contributed by atoms with van der Waals surface area (Å²) < 4.78 is 12.9. The SMILES string of the molecule is O=C(CNC(=O)NCc1ccc(F)cc1)NNC(=O)c1cc(-c2ccccn2)nc2ccccc12. The van der Waals surface area contributed by atoms with Crippen LogP contribution in [0.3, 0.4) is 0 Å². The van der Waals surface area contributed by atoms with E-state index in [0.29, 0.717) is 33.4 Å². The molecule has 0 saturated heterocycles. The van der Waals surface area contributed by atoms with Gasteiger partial charge in [-0.3, -0.25) is 25.4 Å². The van der Waals surface area contributed by atoms with Gasteiger partial charge in [-0.25, -0.2) is 14.2 Å². The lowest BCUT2D eigenvalue weighted by atomic mass is 10.1. The molecule has 2 aromatic carbocycles. The second-order valence-electron chi connectivity index (χ2n) is 7.45. The number of carbonyl (C=O) groups excluding carboxylic acids is 3. The normalized spacial score (nSPS) is 10.4. The van der Waals surface area contributed by atoms with Crippen molar-refractivity contribution in [3.05, 3.63) is 95.9 Å². The summed E-state index contributed by atoms with van der Waals surface area (Å²) in [6.45, 7) is -0.204. The lowest BCUT2D eigenvalue weighted by molar-refractivity contribution is -0.120. The topological polar surface area (TPSA) is 125 Å². The molecule has 0 atom stereocenters. The molecule has 0 aliphatic heterocycles. The number of nitrogens with one attached hydrogen (secondary N) is 4. The number of nitrogens with zero attached hydrogens (tertiary/aromatic N) is 2. The third-order valence-electron chi connectivity index (χ3n) is 4.98. The van der Waals surface area contributed by atoms with Crippen molar-refractivity contribution in [1.29, 1.82) is 0 Å². The van der Waals surface area contributed by atoms with Crippen LogP contribution in [0, 0.1) is 5.82 Å². The highest BCUT2D eigenvalue weighted by Gasteiger charge is 2.15. The van der Waals surface area contributed by atoms with Crippen LogP contribution in [-0.2, 0) is 11.3 Å². The van der Waals surface area contributed by atoms with Crippen molar-refractivity contribution >= 4 is 28.7 Å². The van der Waals surface area contributed by atoms with E-state index in [2.05, 4.69) is 31.5 Å². The Labute approximate surface area is 199 Å². The van der Waals surface area contributed by atoms with Gasteiger partial charge >= 0.3 is 6.03 Å². The molecule has 0 radical (unpaired) electrons. The summed E-state index contributed by atoms with van der Waals surface area (Å²) in [5, 5.41) is 5.54. The molecular weight excluding hydrogens is 451 g/mol. The van der Waals surface area contributed by atoms with Gasteiger partial charge < -0.3 is 10.6 Å². The van der Waals surface area contributed by atoms with Gasteiger partial charge in [-0.15, -0.1) is 0 Å². The molecule has 0 aliphatic carbocycles. The number of pyridine rings is 2. The molecule has 0 aliphatic rings. The number of benzene rings is 2. The van der Waals surface area contributed by atoms with E-state index < -0.39 is 17.8 Å². The van der Waals surface area contributed by atoms with Crippen molar-refractivity contribution in [3.8, 4) is 11.4 Å². The maximum atomic E-state index is 12.9. The minimum absolute atomic E-state index is 0.165. The summed E-state index contributed by atoms with van der Waals surface area (Å²) >= 11 is 0.